The van der Waals surface area contributed by atoms with Gasteiger partial charge in [-0.25, -0.2) is 0 Å². The lowest BCUT2D eigenvalue weighted by Crippen LogP contribution is -2.47. The molecule has 0 radical (unpaired) electrons. The van der Waals surface area contributed by atoms with Gasteiger partial charge in [0.25, 0.3) is 5.91 Å². The Morgan fingerprint density at radius 2 is 2.41 bits per heavy atom. The van der Waals surface area contributed by atoms with Crippen LogP contribution in [0.3, 0.4) is 0 Å². The molecule has 2 rings (SSSR count). The molecule has 2 N–H and O–H groups in total. The third kappa shape index (κ3) is 2.47. The Bertz CT molecular complexity index is 405. The van der Waals surface area contributed by atoms with Crippen LogP contribution in [0, 0.1) is 6.92 Å². The molecule has 92 valence electrons. The van der Waals surface area contributed by atoms with Gasteiger partial charge in [-0.2, -0.15) is 0 Å². The quantitative estimate of drug-likeness (QED) is 0.838. The second-order valence-electron chi connectivity index (χ2n) is 4.52. The van der Waals surface area contributed by atoms with Crippen molar-refractivity contribution in [3.05, 3.63) is 29.6 Å². The third-order valence-electron chi connectivity index (χ3n) is 3.40. The number of carbonyl (C=O) groups is 1. The standard InChI is InChI=1S/C13H19N3O/c1-10-12(6-4-7-15-10)13(17)16-8-3-2-5-11(16)9-14/h4,6-7,11H,2-3,5,8-9,14H2,1H3. The molecule has 0 aromatic carbocycles. The van der Waals surface area contributed by atoms with Gasteiger partial charge in [-0.1, -0.05) is 0 Å². The molecule has 1 aliphatic heterocycles. The summed E-state index contributed by atoms with van der Waals surface area (Å²) < 4.78 is 0. The number of piperidine rings is 1. The summed E-state index contributed by atoms with van der Waals surface area (Å²) >= 11 is 0. The van der Waals surface area contributed by atoms with E-state index in [-0.39, 0.29) is 11.9 Å². The van der Waals surface area contributed by atoms with Gasteiger partial charge in [0.1, 0.15) is 0 Å². The van der Waals surface area contributed by atoms with Gasteiger partial charge in [-0.15, -0.1) is 0 Å². The molecule has 1 aromatic heterocycles. The Hall–Kier alpha value is -1.42. The minimum atomic E-state index is 0.0748. The first-order chi connectivity index (χ1) is 8.24. The molecule has 1 unspecified atom stereocenters. The number of hydrogen-bond donors (Lipinski definition) is 1. The molecule has 17 heavy (non-hydrogen) atoms. The lowest BCUT2D eigenvalue weighted by Gasteiger charge is -2.35. The van der Waals surface area contributed by atoms with Crippen LogP contribution in [-0.4, -0.2) is 34.9 Å². The number of hydrogen-bond acceptors (Lipinski definition) is 3. The van der Waals surface area contributed by atoms with Crippen molar-refractivity contribution in [1.82, 2.24) is 9.88 Å². The van der Waals surface area contributed by atoms with Gasteiger partial charge in [0, 0.05) is 31.0 Å². The highest BCUT2D eigenvalue weighted by Crippen LogP contribution is 2.19. The van der Waals surface area contributed by atoms with Crippen molar-refractivity contribution in [2.24, 2.45) is 5.73 Å². The minimum Gasteiger partial charge on any atom is -0.334 e. The van der Waals surface area contributed by atoms with E-state index in [0.29, 0.717) is 12.1 Å². The summed E-state index contributed by atoms with van der Waals surface area (Å²) in [7, 11) is 0. The monoisotopic (exact) mass is 233 g/mol. The maximum Gasteiger partial charge on any atom is 0.255 e. The maximum absolute atomic E-state index is 12.4. The predicted octanol–water partition coefficient (Wildman–Crippen LogP) is 1.34. The van der Waals surface area contributed by atoms with Crippen molar-refractivity contribution in [3.63, 3.8) is 0 Å². The van der Waals surface area contributed by atoms with Crippen molar-refractivity contribution >= 4 is 5.91 Å². The zero-order chi connectivity index (χ0) is 12.3. The average Bonchev–Trinajstić information content (AvgIpc) is 2.38. The van der Waals surface area contributed by atoms with Crippen LogP contribution in [0.15, 0.2) is 18.3 Å². The van der Waals surface area contributed by atoms with Crippen LogP contribution in [0.4, 0.5) is 0 Å². The number of pyridine rings is 1. The van der Waals surface area contributed by atoms with Crippen molar-refractivity contribution in [3.8, 4) is 0 Å². The molecule has 1 fully saturated rings. The largest absolute Gasteiger partial charge is 0.334 e. The summed E-state index contributed by atoms with van der Waals surface area (Å²) in [6, 6.07) is 3.84. The van der Waals surface area contributed by atoms with Crippen LogP contribution in [0.5, 0.6) is 0 Å². The van der Waals surface area contributed by atoms with Crippen LogP contribution in [0.1, 0.15) is 35.3 Å². The van der Waals surface area contributed by atoms with Gasteiger partial charge in [-0.3, -0.25) is 9.78 Å². The Kier molecular flexibility index (Phi) is 3.74. The van der Waals surface area contributed by atoms with Crippen molar-refractivity contribution in [2.75, 3.05) is 13.1 Å². The lowest BCUT2D eigenvalue weighted by atomic mass is 10.0. The second kappa shape index (κ2) is 5.27. The molecule has 0 saturated carbocycles. The number of aromatic nitrogens is 1. The molecule has 0 bridgehead atoms. The summed E-state index contributed by atoms with van der Waals surface area (Å²) in [6.45, 7) is 3.23. The molecular weight excluding hydrogens is 214 g/mol. The van der Waals surface area contributed by atoms with E-state index in [9.17, 15) is 4.79 Å². The van der Waals surface area contributed by atoms with Crippen molar-refractivity contribution < 1.29 is 4.79 Å². The van der Waals surface area contributed by atoms with E-state index >= 15 is 0 Å². The number of amides is 1. The molecule has 1 amide bonds. The summed E-state index contributed by atoms with van der Waals surface area (Å²) in [5.41, 5.74) is 7.23. The van der Waals surface area contributed by atoms with Gasteiger partial charge in [0.05, 0.1) is 5.56 Å². The van der Waals surface area contributed by atoms with Gasteiger partial charge in [0.2, 0.25) is 0 Å². The van der Waals surface area contributed by atoms with Gasteiger partial charge in [0.15, 0.2) is 0 Å². The summed E-state index contributed by atoms with van der Waals surface area (Å²) in [6.07, 6.45) is 4.96. The molecule has 0 spiro atoms. The van der Waals surface area contributed by atoms with E-state index in [2.05, 4.69) is 4.98 Å². The number of aryl methyl sites for hydroxylation is 1. The summed E-state index contributed by atoms with van der Waals surface area (Å²) in [5.74, 6) is 0.0748. The van der Waals surface area contributed by atoms with E-state index < -0.39 is 0 Å². The number of carbonyl (C=O) groups excluding carboxylic acids is 1. The Balaban J connectivity index is 2.21. The van der Waals surface area contributed by atoms with Crippen LogP contribution >= 0.6 is 0 Å². The van der Waals surface area contributed by atoms with E-state index in [1.165, 1.54) is 0 Å². The summed E-state index contributed by atoms with van der Waals surface area (Å²) in [4.78, 5) is 18.5. The van der Waals surface area contributed by atoms with E-state index in [1.807, 2.05) is 24.0 Å². The third-order valence-corrected chi connectivity index (χ3v) is 3.40. The van der Waals surface area contributed by atoms with Crippen molar-refractivity contribution in [1.29, 1.82) is 0 Å². The molecule has 1 saturated heterocycles. The Morgan fingerprint density at radius 3 is 3.12 bits per heavy atom. The molecule has 1 atom stereocenters. The molecule has 1 aliphatic rings. The minimum absolute atomic E-state index is 0.0748. The fraction of sp³-hybridized carbons (Fsp3) is 0.538. The zero-order valence-electron chi connectivity index (χ0n) is 10.2. The lowest BCUT2D eigenvalue weighted by molar-refractivity contribution is 0.0622. The highest BCUT2D eigenvalue weighted by Gasteiger charge is 2.27. The Morgan fingerprint density at radius 1 is 1.59 bits per heavy atom. The normalized spacial score (nSPS) is 20.4. The van der Waals surface area contributed by atoms with E-state index in [1.54, 1.807) is 6.20 Å². The number of rotatable bonds is 2. The topological polar surface area (TPSA) is 59.2 Å². The van der Waals surface area contributed by atoms with Gasteiger partial charge in [-0.05, 0) is 38.3 Å². The number of likely N-dealkylation sites (tertiary alicyclic amines) is 1. The fourth-order valence-electron chi connectivity index (χ4n) is 2.38. The SMILES string of the molecule is Cc1ncccc1C(=O)N1CCCCC1CN. The maximum atomic E-state index is 12.4. The second-order valence-corrected chi connectivity index (χ2v) is 4.52. The first kappa shape index (κ1) is 12.0. The van der Waals surface area contributed by atoms with Crippen molar-refractivity contribution in [2.45, 2.75) is 32.2 Å². The smallest absolute Gasteiger partial charge is 0.255 e. The summed E-state index contributed by atoms with van der Waals surface area (Å²) in [5, 5.41) is 0. The highest BCUT2D eigenvalue weighted by atomic mass is 16.2. The number of nitrogens with two attached hydrogens (primary N) is 1. The van der Waals surface area contributed by atoms with Gasteiger partial charge >= 0.3 is 0 Å². The van der Waals surface area contributed by atoms with E-state index in [4.69, 9.17) is 5.73 Å². The highest BCUT2D eigenvalue weighted by molar-refractivity contribution is 5.95. The molecule has 4 nitrogen and oxygen atoms in total. The first-order valence-electron chi connectivity index (χ1n) is 6.16. The fourth-order valence-corrected chi connectivity index (χ4v) is 2.38. The van der Waals surface area contributed by atoms with E-state index in [0.717, 1.165) is 31.5 Å². The van der Waals surface area contributed by atoms with Crippen LogP contribution < -0.4 is 5.73 Å². The Labute approximate surface area is 102 Å². The molecule has 4 heteroatoms. The van der Waals surface area contributed by atoms with Crippen LogP contribution in [0.2, 0.25) is 0 Å². The average molecular weight is 233 g/mol. The number of nitrogens with zero attached hydrogens (tertiary/aromatic N) is 2. The first-order valence-corrected chi connectivity index (χ1v) is 6.16. The molecule has 1 aromatic rings. The molecular formula is C13H19N3O. The van der Waals surface area contributed by atoms with Gasteiger partial charge < -0.3 is 10.6 Å². The van der Waals surface area contributed by atoms with Crippen LogP contribution in [0.25, 0.3) is 0 Å². The molecule has 0 aliphatic carbocycles. The molecule has 2 heterocycles. The zero-order valence-corrected chi connectivity index (χ0v) is 10.2. The predicted molar refractivity (Wildman–Crippen MR) is 66.7 cm³/mol. The van der Waals surface area contributed by atoms with Crippen LogP contribution in [-0.2, 0) is 0 Å².